The molecule has 1 nitrogen and oxygen atoms in total. The van der Waals surface area contributed by atoms with Gasteiger partial charge in [0.05, 0.1) is 6.10 Å². The third-order valence-electron chi connectivity index (χ3n) is 7.30. The van der Waals surface area contributed by atoms with Gasteiger partial charge in [-0.2, -0.15) is 0 Å². The molecule has 1 fully saturated rings. The van der Waals surface area contributed by atoms with Crippen molar-refractivity contribution in [1.82, 2.24) is 0 Å². The van der Waals surface area contributed by atoms with Gasteiger partial charge in [-0.05, 0) is 66.5 Å². The minimum Gasteiger partial charge on any atom is -0.393 e. The highest BCUT2D eigenvalue weighted by atomic mass is 79.9. The monoisotopic (exact) mass is 464 g/mol. The van der Waals surface area contributed by atoms with Gasteiger partial charge in [0.1, 0.15) is 0 Å². The number of halogens is 1. The summed E-state index contributed by atoms with van der Waals surface area (Å²) < 4.78 is 1.11. The third-order valence-corrected chi connectivity index (χ3v) is 7.80. The van der Waals surface area contributed by atoms with E-state index in [1.807, 2.05) is 0 Å². The lowest BCUT2D eigenvalue weighted by Gasteiger charge is -2.37. The number of rotatable bonds is 8. The predicted octanol–water partition coefficient (Wildman–Crippen LogP) is 8.05. The van der Waals surface area contributed by atoms with E-state index in [-0.39, 0.29) is 17.4 Å². The second-order valence-electron chi connectivity index (χ2n) is 9.03. The molecule has 2 aliphatic carbocycles. The first-order chi connectivity index (χ1) is 14.6. The Balaban J connectivity index is 1.82. The summed E-state index contributed by atoms with van der Waals surface area (Å²) in [5, 5.41) is 11.0. The summed E-state index contributed by atoms with van der Waals surface area (Å²) in [7, 11) is 0. The van der Waals surface area contributed by atoms with E-state index in [1.54, 1.807) is 5.57 Å². The molecule has 0 heterocycles. The number of hydrogen-bond acceptors (Lipinski definition) is 1. The first kappa shape index (κ1) is 21.6. The molecular formula is C28H33BrO. The molecule has 0 radical (unpaired) electrons. The molecule has 0 aromatic heterocycles. The second kappa shape index (κ2) is 9.24. The average Bonchev–Trinajstić information content (AvgIpc) is 3.26. The van der Waals surface area contributed by atoms with Gasteiger partial charge in [0.25, 0.3) is 0 Å². The van der Waals surface area contributed by atoms with Crippen molar-refractivity contribution < 1.29 is 5.11 Å². The number of unbranched alkanes of at least 4 members (excludes halogenated alkanes) is 3. The number of hydrogen-bond donors (Lipinski definition) is 1. The van der Waals surface area contributed by atoms with E-state index in [2.05, 4.69) is 84.0 Å². The van der Waals surface area contributed by atoms with Crippen LogP contribution in [0.15, 0.2) is 71.2 Å². The van der Waals surface area contributed by atoms with Crippen LogP contribution in [0.3, 0.4) is 0 Å². The van der Waals surface area contributed by atoms with E-state index >= 15 is 0 Å². The molecular weight excluding hydrogens is 432 g/mol. The molecule has 0 bridgehead atoms. The predicted molar refractivity (Wildman–Crippen MR) is 131 cm³/mol. The number of aliphatic hydroxyl groups is 1. The fourth-order valence-electron chi connectivity index (χ4n) is 5.91. The molecule has 2 aromatic rings. The molecule has 158 valence electrons. The SMILES string of the molecule is C=C(c1ccccc1)C12CCC(O)C1CC(CCCCCC)=C2c1cccc(Br)c1. The van der Waals surface area contributed by atoms with Crippen LogP contribution in [0.5, 0.6) is 0 Å². The van der Waals surface area contributed by atoms with E-state index in [9.17, 15) is 5.11 Å². The first-order valence-electron chi connectivity index (χ1n) is 11.5. The van der Waals surface area contributed by atoms with E-state index in [1.165, 1.54) is 48.0 Å². The zero-order valence-corrected chi connectivity index (χ0v) is 19.6. The largest absolute Gasteiger partial charge is 0.393 e. The molecule has 0 amide bonds. The topological polar surface area (TPSA) is 20.2 Å². The summed E-state index contributed by atoms with van der Waals surface area (Å²) in [6.45, 7) is 6.93. The van der Waals surface area contributed by atoms with Crippen molar-refractivity contribution in [3.8, 4) is 0 Å². The highest BCUT2D eigenvalue weighted by molar-refractivity contribution is 9.10. The van der Waals surface area contributed by atoms with Crippen molar-refractivity contribution in [3.63, 3.8) is 0 Å². The molecule has 30 heavy (non-hydrogen) atoms. The van der Waals surface area contributed by atoms with Gasteiger partial charge in [-0.15, -0.1) is 0 Å². The molecule has 0 saturated heterocycles. The van der Waals surface area contributed by atoms with Gasteiger partial charge in [0.15, 0.2) is 0 Å². The summed E-state index contributed by atoms with van der Waals surface area (Å²) in [6.07, 6.45) is 8.80. The van der Waals surface area contributed by atoms with Crippen LogP contribution in [0.2, 0.25) is 0 Å². The Morgan fingerprint density at radius 2 is 1.90 bits per heavy atom. The minimum absolute atomic E-state index is 0.165. The van der Waals surface area contributed by atoms with Gasteiger partial charge in [-0.25, -0.2) is 0 Å². The Hall–Kier alpha value is -1.64. The van der Waals surface area contributed by atoms with E-state index in [0.717, 1.165) is 30.2 Å². The first-order valence-corrected chi connectivity index (χ1v) is 12.3. The summed E-state index contributed by atoms with van der Waals surface area (Å²) >= 11 is 3.69. The lowest BCUT2D eigenvalue weighted by molar-refractivity contribution is 0.120. The van der Waals surface area contributed by atoms with Gasteiger partial charge >= 0.3 is 0 Å². The van der Waals surface area contributed by atoms with E-state index in [4.69, 9.17) is 0 Å². The zero-order chi connectivity index (χ0) is 21.1. The van der Waals surface area contributed by atoms with E-state index < -0.39 is 0 Å². The van der Waals surface area contributed by atoms with Gasteiger partial charge in [0.2, 0.25) is 0 Å². The van der Waals surface area contributed by atoms with Crippen molar-refractivity contribution in [3.05, 3.63) is 82.3 Å². The van der Waals surface area contributed by atoms with Crippen LogP contribution in [0.4, 0.5) is 0 Å². The Bertz CT molecular complexity index is 929. The summed E-state index contributed by atoms with van der Waals surface area (Å²) in [4.78, 5) is 0. The van der Waals surface area contributed by atoms with Crippen LogP contribution in [-0.4, -0.2) is 11.2 Å². The maximum Gasteiger partial charge on any atom is 0.0583 e. The van der Waals surface area contributed by atoms with Crippen LogP contribution in [0.25, 0.3) is 11.1 Å². The lowest BCUT2D eigenvalue weighted by Crippen LogP contribution is -2.29. The molecule has 2 heteroatoms. The minimum atomic E-state index is -0.249. The van der Waals surface area contributed by atoms with Crippen LogP contribution in [-0.2, 0) is 0 Å². The molecule has 1 N–H and O–H groups in total. The quantitative estimate of drug-likeness (QED) is 0.391. The molecule has 2 aliphatic rings. The Morgan fingerprint density at radius 1 is 1.10 bits per heavy atom. The lowest BCUT2D eigenvalue weighted by atomic mass is 9.66. The number of benzene rings is 2. The van der Waals surface area contributed by atoms with Crippen molar-refractivity contribution in [1.29, 1.82) is 0 Å². The average molecular weight is 465 g/mol. The van der Waals surface area contributed by atoms with Crippen molar-refractivity contribution >= 4 is 27.1 Å². The Morgan fingerprint density at radius 3 is 2.63 bits per heavy atom. The fourth-order valence-corrected chi connectivity index (χ4v) is 6.31. The van der Waals surface area contributed by atoms with Crippen LogP contribution < -0.4 is 0 Å². The fraction of sp³-hybridized carbons (Fsp3) is 0.429. The Kier molecular flexibility index (Phi) is 6.65. The third kappa shape index (κ3) is 3.85. The summed E-state index contributed by atoms with van der Waals surface area (Å²) in [6, 6.07) is 19.4. The van der Waals surface area contributed by atoms with Crippen LogP contribution in [0.1, 0.15) is 69.4 Å². The normalized spacial score (nSPS) is 25.6. The molecule has 2 aromatic carbocycles. The van der Waals surface area contributed by atoms with Crippen LogP contribution in [0, 0.1) is 11.3 Å². The van der Waals surface area contributed by atoms with Crippen molar-refractivity contribution in [2.45, 2.75) is 64.4 Å². The maximum absolute atomic E-state index is 11.0. The number of aliphatic hydroxyl groups excluding tert-OH is 1. The van der Waals surface area contributed by atoms with E-state index in [0.29, 0.717) is 0 Å². The Labute approximate surface area is 190 Å². The standard InChI is InChI=1S/C28H33BrO/c1-3-4-5-7-13-23-19-25-26(30)16-17-28(25,20(2)21-11-8-6-9-12-21)27(23)22-14-10-15-24(29)18-22/h6,8-12,14-15,18,25-26,30H,2-5,7,13,16-17,19H2,1H3. The smallest absolute Gasteiger partial charge is 0.0583 e. The van der Waals surface area contributed by atoms with Crippen LogP contribution >= 0.6 is 15.9 Å². The van der Waals surface area contributed by atoms with Crippen molar-refractivity contribution in [2.24, 2.45) is 11.3 Å². The number of fused-ring (bicyclic) bond motifs is 1. The zero-order valence-electron chi connectivity index (χ0n) is 18.0. The molecule has 0 aliphatic heterocycles. The summed E-state index contributed by atoms with van der Waals surface area (Å²) in [5.41, 5.74) is 6.52. The number of allylic oxidation sites excluding steroid dienone is 3. The molecule has 1 saturated carbocycles. The van der Waals surface area contributed by atoms with Gasteiger partial charge < -0.3 is 5.11 Å². The molecule has 3 atom stereocenters. The molecule has 0 spiro atoms. The second-order valence-corrected chi connectivity index (χ2v) is 9.95. The van der Waals surface area contributed by atoms with Gasteiger partial charge in [-0.1, -0.05) is 96.7 Å². The highest BCUT2D eigenvalue weighted by Crippen LogP contribution is 2.66. The van der Waals surface area contributed by atoms with Gasteiger partial charge in [-0.3, -0.25) is 0 Å². The van der Waals surface area contributed by atoms with Crippen molar-refractivity contribution in [2.75, 3.05) is 0 Å². The maximum atomic E-state index is 11.0. The summed E-state index contributed by atoms with van der Waals surface area (Å²) in [5.74, 6) is 0.236. The highest BCUT2D eigenvalue weighted by Gasteiger charge is 2.56. The molecule has 3 unspecified atom stereocenters. The molecule has 4 rings (SSSR count). The van der Waals surface area contributed by atoms with Gasteiger partial charge in [0, 0.05) is 15.8 Å².